The highest BCUT2D eigenvalue weighted by Crippen LogP contribution is 2.51. The third-order valence-corrected chi connectivity index (χ3v) is 4.18. The van der Waals surface area contributed by atoms with E-state index in [-0.39, 0.29) is 5.41 Å². The van der Waals surface area contributed by atoms with Crippen molar-refractivity contribution in [2.24, 2.45) is 5.73 Å². The van der Waals surface area contributed by atoms with Crippen LogP contribution in [0.15, 0.2) is 16.6 Å². The van der Waals surface area contributed by atoms with Crippen LogP contribution in [0.5, 0.6) is 5.75 Å². The van der Waals surface area contributed by atoms with Gasteiger partial charge in [0.1, 0.15) is 5.75 Å². The van der Waals surface area contributed by atoms with Gasteiger partial charge in [-0.25, -0.2) is 0 Å². The van der Waals surface area contributed by atoms with E-state index in [2.05, 4.69) is 28.1 Å². The molecule has 1 saturated carbocycles. The minimum atomic E-state index is 0.190. The van der Waals surface area contributed by atoms with E-state index in [1.54, 1.807) is 0 Å². The molecule has 4 heteroatoms. The van der Waals surface area contributed by atoms with Crippen molar-refractivity contribution in [2.75, 3.05) is 13.3 Å². The summed E-state index contributed by atoms with van der Waals surface area (Å²) in [4.78, 5) is 0. The molecule has 0 amide bonds. The van der Waals surface area contributed by atoms with Crippen molar-refractivity contribution in [3.8, 4) is 5.75 Å². The monoisotopic (exact) mass is 283 g/mol. The first-order valence-electron chi connectivity index (χ1n) is 5.49. The Morgan fingerprint density at radius 3 is 2.88 bits per heavy atom. The van der Waals surface area contributed by atoms with Gasteiger partial charge in [0.25, 0.3) is 0 Å². The van der Waals surface area contributed by atoms with Gasteiger partial charge in [0.15, 0.2) is 6.79 Å². The number of rotatable bonds is 2. The normalized spacial score (nSPS) is 21.1. The summed E-state index contributed by atoms with van der Waals surface area (Å²) in [6, 6.07) is 4.22. The van der Waals surface area contributed by atoms with Crippen molar-refractivity contribution < 1.29 is 9.47 Å². The predicted molar refractivity (Wildman–Crippen MR) is 64.4 cm³/mol. The average Bonchev–Trinajstić information content (AvgIpc) is 3.09. The van der Waals surface area contributed by atoms with Crippen LogP contribution in [-0.2, 0) is 16.8 Å². The Labute approximate surface area is 103 Å². The van der Waals surface area contributed by atoms with E-state index in [1.807, 2.05) is 0 Å². The summed E-state index contributed by atoms with van der Waals surface area (Å²) in [5, 5.41) is 0. The fourth-order valence-electron chi connectivity index (χ4n) is 2.24. The van der Waals surface area contributed by atoms with Crippen LogP contribution in [0.1, 0.15) is 24.0 Å². The largest absolute Gasteiger partial charge is 0.467 e. The van der Waals surface area contributed by atoms with E-state index < -0.39 is 0 Å². The van der Waals surface area contributed by atoms with Gasteiger partial charge in [0.05, 0.1) is 6.61 Å². The highest BCUT2D eigenvalue weighted by Gasteiger charge is 2.44. The van der Waals surface area contributed by atoms with Gasteiger partial charge in [-0.05, 0) is 30.5 Å². The maximum atomic E-state index is 5.86. The lowest BCUT2D eigenvalue weighted by molar-refractivity contribution is -0.0165. The van der Waals surface area contributed by atoms with Crippen molar-refractivity contribution in [1.29, 1.82) is 0 Å². The molecule has 0 spiro atoms. The Hall–Kier alpha value is -0.580. The number of benzene rings is 1. The Morgan fingerprint density at radius 1 is 1.38 bits per heavy atom. The van der Waals surface area contributed by atoms with Crippen molar-refractivity contribution in [3.05, 3.63) is 27.7 Å². The summed E-state index contributed by atoms with van der Waals surface area (Å²) in [5.74, 6) is 0.948. The van der Waals surface area contributed by atoms with Crippen LogP contribution in [0, 0.1) is 0 Å². The molecule has 1 aromatic rings. The smallest absolute Gasteiger partial charge is 0.189 e. The Kier molecular flexibility index (Phi) is 2.46. The third kappa shape index (κ3) is 1.56. The first kappa shape index (κ1) is 10.6. The molecule has 0 saturated heterocycles. The Bertz CT molecular complexity index is 429. The summed E-state index contributed by atoms with van der Waals surface area (Å²) >= 11 is 3.63. The fourth-order valence-corrected chi connectivity index (χ4v) is 3.05. The minimum absolute atomic E-state index is 0.190. The van der Waals surface area contributed by atoms with Gasteiger partial charge >= 0.3 is 0 Å². The van der Waals surface area contributed by atoms with Crippen molar-refractivity contribution >= 4 is 15.9 Å². The fraction of sp³-hybridized carbons (Fsp3) is 0.500. The molecular formula is C12H14BrNO2. The molecule has 0 bridgehead atoms. The van der Waals surface area contributed by atoms with Crippen LogP contribution in [0.25, 0.3) is 0 Å². The lowest BCUT2D eigenvalue weighted by Crippen LogP contribution is -2.21. The van der Waals surface area contributed by atoms with Gasteiger partial charge in [-0.3, -0.25) is 0 Å². The Morgan fingerprint density at radius 2 is 2.19 bits per heavy atom. The summed E-state index contributed by atoms with van der Waals surface area (Å²) < 4.78 is 11.9. The second-order valence-corrected chi connectivity index (χ2v) is 5.39. The van der Waals surface area contributed by atoms with Crippen LogP contribution < -0.4 is 10.5 Å². The number of fused-ring (bicyclic) bond motifs is 1. The summed E-state index contributed by atoms with van der Waals surface area (Å²) in [7, 11) is 0. The second kappa shape index (κ2) is 3.72. The van der Waals surface area contributed by atoms with Crippen LogP contribution in [0.2, 0.25) is 0 Å². The van der Waals surface area contributed by atoms with Crippen LogP contribution in [-0.4, -0.2) is 13.3 Å². The quantitative estimate of drug-likeness (QED) is 0.906. The third-order valence-electron chi connectivity index (χ3n) is 3.52. The molecule has 3 nitrogen and oxygen atoms in total. The molecular weight excluding hydrogens is 270 g/mol. The lowest BCUT2D eigenvalue weighted by Gasteiger charge is -2.22. The number of ether oxygens (including phenoxy) is 2. The van der Waals surface area contributed by atoms with E-state index in [9.17, 15) is 0 Å². The zero-order chi connectivity index (χ0) is 11.2. The summed E-state index contributed by atoms with van der Waals surface area (Å²) in [6.07, 6.45) is 2.36. The average molecular weight is 284 g/mol. The van der Waals surface area contributed by atoms with E-state index in [0.29, 0.717) is 19.9 Å². The van der Waals surface area contributed by atoms with Gasteiger partial charge in [-0.2, -0.15) is 0 Å². The molecule has 0 unspecified atom stereocenters. The van der Waals surface area contributed by atoms with Crippen LogP contribution >= 0.6 is 15.9 Å². The second-order valence-electron chi connectivity index (χ2n) is 4.53. The predicted octanol–water partition coefficient (Wildman–Crippen LogP) is 2.31. The highest BCUT2D eigenvalue weighted by atomic mass is 79.9. The Balaban J connectivity index is 2.06. The van der Waals surface area contributed by atoms with E-state index in [4.69, 9.17) is 15.2 Å². The van der Waals surface area contributed by atoms with Crippen molar-refractivity contribution in [1.82, 2.24) is 0 Å². The van der Waals surface area contributed by atoms with Gasteiger partial charge in [-0.1, -0.05) is 15.9 Å². The van der Waals surface area contributed by atoms with Gasteiger partial charge in [0.2, 0.25) is 0 Å². The van der Waals surface area contributed by atoms with E-state index in [1.165, 1.54) is 18.4 Å². The molecule has 3 rings (SSSR count). The summed E-state index contributed by atoms with van der Waals surface area (Å²) in [6.45, 7) is 1.69. The van der Waals surface area contributed by atoms with Crippen LogP contribution in [0.3, 0.4) is 0 Å². The molecule has 1 aliphatic heterocycles. The number of hydrogen-bond donors (Lipinski definition) is 1. The lowest BCUT2D eigenvalue weighted by atomic mass is 9.94. The van der Waals surface area contributed by atoms with E-state index in [0.717, 1.165) is 15.8 Å². The van der Waals surface area contributed by atoms with Gasteiger partial charge < -0.3 is 15.2 Å². The molecule has 2 aliphatic rings. The number of hydrogen-bond acceptors (Lipinski definition) is 3. The molecule has 1 fully saturated rings. The minimum Gasteiger partial charge on any atom is -0.467 e. The molecule has 1 aromatic carbocycles. The first-order chi connectivity index (χ1) is 7.75. The molecule has 1 aliphatic carbocycles. The molecule has 0 radical (unpaired) electrons. The molecule has 2 N–H and O–H groups in total. The molecule has 0 aromatic heterocycles. The molecule has 16 heavy (non-hydrogen) atoms. The van der Waals surface area contributed by atoms with Gasteiger partial charge in [0, 0.05) is 22.0 Å². The van der Waals surface area contributed by atoms with E-state index >= 15 is 0 Å². The highest BCUT2D eigenvalue weighted by molar-refractivity contribution is 9.10. The SMILES string of the molecule is NCC1(c2cc3c(cc2Br)COCO3)CC1. The maximum absolute atomic E-state index is 5.86. The molecule has 0 atom stereocenters. The van der Waals surface area contributed by atoms with Gasteiger partial charge in [-0.15, -0.1) is 0 Å². The van der Waals surface area contributed by atoms with Crippen LogP contribution in [0.4, 0.5) is 0 Å². The number of nitrogens with two attached hydrogens (primary N) is 1. The number of halogens is 1. The first-order valence-corrected chi connectivity index (χ1v) is 6.28. The standard InChI is InChI=1S/C12H14BrNO2/c13-10-3-8-5-15-7-16-11(8)4-9(10)12(6-14)1-2-12/h3-4H,1-2,5-7,14H2. The van der Waals surface area contributed by atoms with Crippen molar-refractivity contribution in [3.63, 3.8) is 0 Å². The zero-order valence-corrected chi connectivity index (χ0v) is 10.5. The molecule has 86 valence electrons. The molecule has 1 heterocycles. The summed E-state index contributed by atoms with van der Waals surface area (Å²) in [5.41, 5.74) is 8.44. The topological polar surface area (TPSA) is 44.5 Å². The zero-order valence-electron chi connectivity index (χ0n) is 8.96. The van der Waals surface area contributed by atoms with Crippen molar-refractivity contribution in [2.45, 2.75) is 24.9 Å². The maximum Gasteiger partial charge on any atom is 0.189 e.